The van der Waals surface area contributed by atoms with E-state index in [9.17, 15) is 24.8 Å². The summed E-state index contributed by atoms with van der Waals surface area (Å²) in [6.07, 6.45) is 0.445. The Labute approximate surface area is 143 Å². The summed E-state index contributed by atoms with van der Waals surface area (Å²) in [7, 11) is 1.21. The van der Waals surface area contributed by atoms with Gasteiger partial charge in [0.2, 0.25) is 0 Å². The molecule has 1 aromatic carbocycles. The van der Waals surface area contributed by atoms with Crippen LogP contribution in [-0.2, 0) is 14.3 Å². The molecule has 1 aromatic rings. The Hall–Kier alpha value is -3.16. The summed E-state index contributed by atoms with van der Waals surface area (Å²) < 4.78 is 4.83. The van der Waals surface area contributed by atoms with Gasteiger partial charge in [0, 0.05) is 23.5 Å². The second-order valence-corrected chi connectivity index (χ2v) is 5.49. The van der Waals surface area contributed by atoms with E-state index in [0.29, 0.717) is 23.4 Å². The van der Waals surface area contributed by atoms with E-state index in [1.807, 2.05) is 6.92 Å². The van der Waals surface area contributed by atoms with E-state index in [4.69, 9.17) is 4.74 Å². The Balaban J connectivity index is 2.75. The zero-order valence-electron chi connectivity index (χ0n) is 14.0. The molecule has 0 fully saturated rings. The summed E-state index contributed by atoms with van der Waals surface area (Å²) in [5.41, 5.74) is 1.19. The van der Waals surface area contributed by atoms with Crippen LogP contribution in [0.4, 0.5) is 5.69 Å². The fraction of sp³-hybridized carbons (Fsp3) is 0.294. The number of methoxy groups -OCH3 is 1. The molecule has 0 amide bonds. The lowest BCUT2D eigenvalue weighted by Crippen LogP contribution is -2.32. The number of nitro groups is 1. The van der Waals surface area contributed by atoms with Crippen LogP contribution in [0.3, 0.4) is 0 Å². The molecule has 1 atom stereocenters. The predicted octanol–water partition coefficient (Wildman–Crippen LogP) is 2.48. The van der Waals surface area contributed by atoms with Crippen molar-refractivity contribution >= 4 is 17.6 Å². The number of carbonyl (C=O) groups excluding carboxylic acids is 1. The van der Waals surface area contributed by atoms with Gasteiger partial charge in [0.15, 0.2) is 0 Å². The SMILES string of the molecule is CCC1=C(C(=O)OC)C(c2cccc([N+](=O)[O-])c2)C(C(=O)O)=C(C)N1. The normalized spacial score (nSPS) is 17.2. The van der Waals surface area contributed by atoms with Crippen LogP contribution in [0.1, 0.15) is 31.7 Å². The highest BCUT2D eigenvalue weighted by atomic mass is 16.6. The van der Waals surface area contributed by atoms with E-state index in [1.54, 1.807) is 13.0 Å². The average Bonchev–Trinajstić information content (AvgIpc) is 2.59. The Morgan fingerprint density at radius 1 is 1.36 bits per heavy atom. The number of non-ortho nitro benzene ring substituents is 1. The summed E-state index contributed by atoms with van der Waals surface area (Å²) in [6.45, 7) is 3.41. The van der Waals surface area contributed by atoms with Crippen molar-refractivity contribution in [1.82, 2.24) is 5.32 Å². The third-order valence-corrected chi connectivity index (χ3v) is 4.05. The van der Waals surface area contributed by atoms with Crippen molar-refractivity contribution in [2.45, 2.75) is 26.2 Å². The number of carboxylic acid groups (broad SMARTS) is 1. The first kappa shape index (κ1) is 18.2. The predicted molar refractivity (Wildman–Crippen MR) is 88.6 cm³/mol. The Kier molecular flexibility index (Phi) is 5.21. The van der Waals surface area contributed by atoms with Gasteiger partial charge >= 0.3 is 11.9 Å². The minimum Gasteiger partial charge on any atom is -0.478 e. The molecule has 1 unspecified atom stereocenters. The second-order valence-electron chi connectivity index (χ2n) is 5.49. The van der Waals surface area contributed by atoms with Gasteiger partial charge in [-0.05, 0) is 18.9 Å². The van der Waals surface area contributed by atoms with Gasteiger partial charge in [0.1, 0.15) is 0 Å². The largest absolute Gasteiger partial charge is 0.478 e. The van der Waals surface area contributed by atoms with E-state index in [2.05, 4.69) is 5.32 Å². The first-order chi connectivity index (χ1) is 11.8. The van der Waals surface area contributed by atoms with Crippen molar-refractivity contribution in [3.63, 3.8) is 0 Å². The molecule has 0 bridgehead atoms. The molecular weight excluding hydrogens is 328 g/mol. The number of aliphatic carboxylic acids is 1. The van der Waals surface area contributed by atoms with E-state index >= 15 is 0 Å². The number of nitro benzene ring substituents is 1. The number of esters is 1. The van der Waals surface area contributed by atoms with Crippen LogP contribution < -0.4 is 5.32 Å². The zero-order valence-corrected chi connectivity index (χ0v) is 14.0. The number of benzene rings is 1. The molecule has 1 heterocycles. The summed E-state index contributed by atoms with van der Waals surface area (Å²) in [4.78, 5) is 34.7. The van der Waals surface area contributed by atoms with Crippen LogP contribution in [-0.4, -0.2) is 29.1 Å². The molecule has 2 N–H and O–H groups in total. The molecule has 132 valence electrons. The highest BCUT2D eigenvalue weighted by Gasteiger charge is 2.38. The topological polar surface area (TPSA) is 119 Å². The number of nitrogens with zero attached hydrogens (tertiary/aromatic N) is 1. The molecule has 0 radical (unpaired) electrons. The minimum atomic E-state index is -1.21. The van der Waals surface area contributed by atoms with Gasteiger partial charge in [0.25, 0.3) is 5.69 Å². The molecule has 1 aliphatic rings. The number of rotatable bonds is 5. The van der Waals surface area contributed by atoms with Crippen LogP contribution >= 0.6 is 0 Å². The van der Waals surface area contributed by atoms with Crippen LogP contribution in [0, 0.1) is 10.1 Å². The quantitative estimate of drug-likeness (QED) is 0.477. The third-order valence-electron chi connectivity index (χ3n) is 4.05. The molecule has 8 nitrogen and oxygen atoms in total. The third kappa shape index (κ3) is 3.37. The number of carbonyl (C=O) groups is 2. The van der Waals surface area contributed by atoms with Crippen LogP contribution in [0.25, 0.3) is 0 Å². The maximum atomic E-state index is 12.3. The van der Waals surface area contributed by atoms with Gasteiger partial charge in [-0.15, -0.1) is 0 Å². The van der Waals surface area contributed by atoms with Crippen LogP contribution in [0.15, 0.2) is 46.8 Å². The zero-order chi connectivity index (χ0) is 18.7. The molecule has 0 aliphatic carbocycles. The number of allylic oxidation sites excluding steroid dienone is 2. The first-order valence-corrected chi connectivity index (χ1v) is 7.58. The smallest absolute Gasteiger partial charge is 0.336 e. The molecule has 2 rings (SSSR count). The summed E-state index contributed by atoms with van der Waals surface area (Å²) >= 11 is 0. The maximum absolute atomic E-state index is 12.3. The molecule has 0 aromatic heterocycles. The van der Waals surface area contributed by atoms with E-state index in [0.717, 1.165) is 0 Å². The maximum Gasteiger partial charge on any atom is 0.336 e. The van der Waals surface area contributed by atoms with Crippen molar-refractivity contribution in [1.29, 1.82) is 0 Å². The number of dihydropyridines is 1. The van der Waals surface area contributed by atoms with Crippen LogP contribution in [0.5, 0.6) is 0 Å². The summed E-state index contributed by atoms with van der Waals surface area (Å²) in [5.74, 6) is -2.84. The van der Waals surface area contributed by atoms with Crippen molar-refractivity contribution in [2.75, 3.05) is 7.11 Å². The standard InChI is InChI=1S/C17H18N2O6/c1-4-12-15(17(22)25-3)14(13(16(20)21)9(2)18-12)10-6-5-7-11(8-10)19(23)24/h5-8,14,18H,4H2,1-3H3,(H,20,21). The lowest BCUT2D eigenvalue weighted by atomic mass is 9.79. The fourth-order valence-electron chi connectivity index (χ4n) is 2.96. The van der Waals surface area contributed by atoms with Crippen molar-refractivity contribution < 1.29 is 24.4 Å². The molecule has 0 spiro atoms. The van der Waals surface area contributed by atoms with Gasteiger partial charge in [-0.1, -0.05) is 19.1 Å². The second kappa shape index (κ2) is 7.16. The van der Waals surface area contributed by atoms with Gasteiger partial charge in [0.05, 0.1) is 29.1 Å². The number of ether oxygens (including phenoxy) is 1. The number of carboxylic acids is 1. The molecule has 0 saturated heterocycles. The van der Waals surface area contributed by atoms with E-state index < -0.39 is 22.8 Å². The minimum absolute atomic E-state index is 0.0434. The van der Waals surface area contributed by atoms with Gasteiger partial charge < -0.3 is 15.2 Å². The number of hydrogen-bond donors (Lipinski definition) is 2. The number of hydrogen-bond acceptors (Lipinski definition) is 6. The lowest BCUT2D eigenvalue weighted by Gasteiger charge is -2.30. The monoisotopic (exact) mass is 346 g/mol. The lowest BCUT2D eigenvalue weighted by molar-refractivity contribution is -0.384. The summed E-state index contributed by atoms with van der Waals surface area (Å²) in [5, 5.41) is 23.7. The molecular formula is C17H18N2O6. The highest BCUT2D eigenvalue weighted by Crippen LogP contribution is 2.40. The van der Waals surface area contributed by atoms with E-state index in [-0.39, 0.29) is 16.8 Å². The molecule has 1 aliphatic heterocycles. The summed E-state index contributed by atoms with van der Waals surface area (Å²) in [6, 6.07) is 5.62. The molecule has 25 heavy (non-hydrogen) atoms. The molecule has 8 heteroatoms. The van der Waals surface area contributed by atoms with Gasteiger partial charge in [-0.2, -0.15) is 0 Å². The highest BCUT2D eigenvalue weighted by molar-refractivity contribution is 5.99. The molecule has 0 saturated carbocycles. The Bertz CT molecular complexity index is 809. The number of nitrogens with one attached hydrogen (secondary N) is 1. The average molecular weight is 346 g/mol. The Morgan fingerprint density at radius 2 is 2.04 bits per heavy atom. The fourth-order valence-corrected chi connectivity index (χ4v) is 2.96. The van der Waals surface area contributed by atoms with Gasteiger partial charge in [-0.3, -0.25) is 10.1 Å². The Morgan fingerprint density at radius 3 is 2.56 bits per heavy atom. The first-order valence-electron chi connectivity index (χ1n) is 7.58. The van der Waals surface area contributed by atoms with Crippen molar-refractivity contribution in [3.8, 4) is 0 Å². The van der Waals surface area contributed by atoms with Gasteiger partial charge in [-0.25, -0.2) is 9.59 Å². The van der Waals surface area contributed by atoms with E-state index in [1.165, 1.54) is 25.3 Å². The van der Waals surface area contributed by atoms with Crippen molar-refractivity contribution in [2.24, 2.45) is 0 Å². The van der Waals surface area contributed by atoms with Crippen LogP contribution in [0.2, 0.25) is 0 Å². The van der Waals surface area contributed by atoms with Crippen molar-refractivity contribution in [3.05, 3.63) is 62.5 Å².